The van der Waals surface area contributed by atoms with Gasteiger partial charge in [-0.2, -0.15) is 0 Å². The van der Waals surface area contributed by atoms with Crippen LogP contribution in [-0.2, 0) is 4.74 Å². The Morgan fingerprint density at radius 2 is 2.08 bits per heavy atom. The zero-order chi connectivity index (χ0) is 8.81. The van der Waals surface area contributed by atoms with Gasteiger partial charge in [-0.05, 0) is 19.1 Å². The maximum Gasteiger partial charge on any atom is 0.189 e. The summed E-state index contributed by atoms with van der Waals surface area (Å²) in [5, 5.41) is 0. The Hall–Kier alpha value is -1.09. The zero-order valence-electron chi connectivity index (χ0n) is 6.92. The van der Waals surface area contributed by atoms with Gasteiger partial charge in [-0.15, -0.1) is 0 Å². The molecule has 0 spiro atoms. The lowest BCUT2D eigenvalue weighted by molar-refractivity contribution is 0.0201. The Bertz CT molecular complexity index is 238. The summed E-state index contributed by atoms with van der Waals surface area (Å²) in [6.45, 7) is 2.51. The fraction of sp³-hybridized carbons (Fsp3) is 0.333. The average molecular weight is 170 g/mol. The molecule has 0 fully saturated rings. The van der Waals surface area contributed by atoms with Crippen molar-refractivity contribution < 1.29 is 13.9 Å². The van der Waals surface area contributed by atoms with Crippen LogP contribution < -0.4 is 4.74 Å². The topological polar surface area (TPSA) is 18.5 Å². The predicted molar refractivity (Wildman–Crippen MR) is 43.5 cm³/mol. The lowest BCUT2D eigenvalue weighted by atomic mass is 10.3. The van der Waals surface area contributed by atoms with E-state index in [9.17, 15) is 4.39 Å². The third kappa shape index (κ3) is 2.51. The van der Waals surface area contributed by atoms with Gasteiger partial charge >= 0.3 is 0 Å². The number of para-hydroxylation sites is 1. The molecule has 0 radical (unpaired) electrons. The van der Waals surface area contributed by atoms with E-state index < -0.39 is 0 Å². The van der Waals surface area contributed by atoms with E-state index >= 15 is 0 Å². The van der Waals surface area contributed by atoms with Gasteiger partial charge in [-0.25, -0.2) is 4.39 Å². The highest BCUT2D eigenvalue weighted by Crippen LogP contribution is 2.14. The Labute approximate surface area is 70.9 Å². The molecule has 1 aromatic rings. The van der Waals surface area contributed by atoms with Crippen LogP contribution in [0, 0.1) is 5.82 Å². The molecule has 0 aliphatic rings. The molecule has 0 amide bonds. The summed E-state index contributed by atoms with van der Waals surface area (Å²) in [6.07, 6.45) is 0. The number of halogens is 1. The number of benzene rings is 1. The van der Waals surface area contributed by atoms with Gasteiger partial charge in [-0.3, -0.25) is 0 Å². The van der Waals surface area contributed by atoms with Crippen LogP contribution in [0.15, 0.2) is 24.3 Å². The molecule has 12 heavy (non-hydrogen) atoms. The first-order valence-electron chi connectivity index (χ1n) is 3.79. The number of hydrogen-bond donors (Lipinski definition) is 0. The molecule has 0 N–H and O–H groups in total. The third-order valence-corrected chi connectivity index (χ3v) is 1.34. The summed E-state index contributed by atoms with van der Waals surface area (Å²) in [4.78, 5) is 0. The molecular weight excluding hydrogens is 159 g/mol. The van der Waals surface area contributed by atoms with Gasteiger partial charge in [0.1, 0.15) is 0 Å². The fourth-order valence-corrected chi connectivity index (χ4v) is 0.750. The maximum absolute atomic E-state index is 12.8. The van der Waals surface area contributed by atoms with Gasteiger partial charge < -0.3 is 9.47 Å². The molecule has 3 heteroatoms. The van der Waals surface area contributed by atoms with Gasteiger partial charge in [0.05, 0.1) is 0 Å². The minimum absolute atomic E-state index is 0.0947. The summed E-state index contributed by atoms with van der Waals surface area (Å²) in [6, 6.07) is 6.24. The number of ether oxygens (including phenoxy) is 2. The molecule has 0 aromatic heterocycles. The van der Waals surface area contributed by atoms with E-state index in [2.05, 4.69) is 0 Å². The molecule has 1 rings (SSSR count). The van der Waals surface area contributed by atoms with Crippen molar-refractivity contribution in [3.63, 3.8) is 0 Å². The minimum atomic E-state index is -0.364. The quantitative estimate of drug-likeness (QED) is 0.509. The van der Waals surface area contributed by atoms with Gasteiger partial charge in [0.25, 0.3) is 0 Å². The Kier molecular flexibility index (Phi) is 3.54. The van der Waals surface area contributed by atoms with Crippen molar-refractivity contribution in [2.24, 2.45) is 0 Å². The van der Waals surface area contributed by atoms with Crippen LogP contribution in [0.1, 0.15) is 6.92 Å². The van der Waals surface area contributed by atoms with Crippen LogP contribution in [0.2, 0.25) is 0 Å². The molecule has 0 saturated carbocycles. The van der Waals surface area contributed by atoms with Crippen LogP contribution in [-0.4, -0.2) is 13.4 Å². The van der Waals surface area contributed by atoms with Crippen molar-refractivity contribution in [3.05, 3.63) is 30.1 Å². The Morgan fingerprint density at radius 1 is 1.33 bits per heavy atom. The standard InChI is InChI=1S/C9H11FO2/c1-2-11-7-12-9-6-4-3-5-8(9)10/h3-6H,2,7H2,1H3. The van der Waals surface area contributed by atoms with Crippen LogP contribution in [0.5, 0.6) is 5.75 Å². The zero-order valence-corrected chi connectivity index (χ0v) is 6.92. The summed E-state index contributed by atoms with van der Waals surface area (Å²) in [5.74, 6) is -0.136. The SMILES string of the molecule is CCOCOc1ccccc1F. The van der Waals surface area contributed by atoms with E-state index in [1.807, 2.05) is 6.92 Å². The van der Waals surface area contributed by atoms with E-state index in [0.717, 1.165) is 0 Å². The molecule has 0 unspecified atom stereocenters. The molecular formula is C9H11FO2. The van der Waals surface area contributed by atoms with Crippen molar-refractivity contribution in [1.29, 1.82) is 0 Å². The van der Waals surface area contributed by atoms with E-state index in [1.165, 1.54) is 6.07 Å². The van der Waals surface area contributed by atoms with Gasteiger partial charge in [0, 0.05) is 6.61 Å². The van der Waals surface area contributed by atoms with Gasteiger partial charge in [0.2, 0.25) is 0 Å². The summed E-state index contributed by atoms with van der Waals surface area (Å²) >= 11 is 0. The van der Waals surface area contributed by atoms with Crippen LogP contribution >= 0.6 is 0 Å². The van der Waals surface area contributed by atoms with E-state index in [-0.39, 0.29) is 18.4 Å². The molecule has 0 heterocycles. The fourth-order valence-electron chi connectivity index (χ4n) is 0.750. The first-order chi connectivity index (χ1) is 5.84. The van der Waals surface area contributed by atoms with Crippen LogP contribution in [0.4, 0.5) is 4.39 Å². The number of hydrogen-bond acceptors (Lipinski definition) is 2. The van der Waals surface area contributed by atoms with Gasteiger partial charge in [0.15, 0.2) is 18.4 Å². The lowest BCUT2D eigenvalue weighted by Gasteiger charge is -2.05. The normalized spacial score (nSPS) is 9.83. The highest BCUT2D eigenvalue weighted by Gasteiger charge is 1.99. The molecule has 66 valence electrons. The first kappa shape index (κ1) is 9.00. The van der Waals surface area contributed by atoms with Crippen molar-refractivity contribution in [3.8, 4) is 5.75 Å². The molecule has 0 saturated heterocycles. The van der Waals surface area contributed by atoms with Crippen molar-refractivity contribution in [1.82, 2.24) is 0 Å². The van der Waals surface area contributed by atoms with E-state index in [4.69, 9.17) is 9.47 Å². The molecule has 0 bridgehead atoms. The maximum atomic E-state index is 12.8. The molecule has 1 aromatic carbocycles. The predicted octanol–water partition coefficient (Wildman–Crippen LogP) is 2.20. The second kappa shape index (κ2) is 4.72. The van der Waals surface area contributed by atoms with Crippen molar-refractivity contribution >= 4 is 0 Å². The largest absolute Gasteiger partial charge is 0.464 e. The number of rotatable bonds is 4. The second-order valence-corrected chi connectivity index (χ2v) is 2.19. The van der Waals surface area contributed by atoms with Crippen molar-refractivity contribution in [2.45, 2.75) is 6.92 Å². The van der Waals surface area contributed by atoms with Crippen LogP contribution in [0.3, 0.4) is 0 Å². The third-order valence-electron chi connectivity index (χ3n) is 1.34. The molecule has 0 aliphatic carbocycles. The van der Waals surface area contributed by atoms with Crippen molar-refractivity contribution in [2.75, 3.05) is 13.4 Å². The average Bonchev–Trinajstić information content (AvgIpc) is 2.09. The van der Waals surface area contributed by atoms with E-state index in [1.54, 1.807) is 18.2 Å². The van der Waals surface area contributed by atoms with Gasteiger partial charge in [-0.1, -0.05) is 12.1 Å². The van der Waals surface area contributed by atoms with Crippen LogP contribution in [0.25, 0.3) is 0 Å². The summed E-state index contributed by atoms with van der Waals surface area (Å²) < 4.78 is 22.7. The lowest BCUT2D eigenvalue weighted by Crippen LogP contribution is -2.03. The monoisotopic (exact) mass is 170 g/mol. The minimum Gasteiger partial charge on any atom is -0.464 e. The first-order valence-corrected chi connectivity index (χ1v) is 3.79. The second-order valence-electron chi connectivity index (χ2n) is 2.19. The Morgan fingerprint density at radius 3 is 2.75 bits per heavy atom. The highest BCUT2D eigenvalue weighted by atomic mass is 19.1. The Balaban J connectivity index is 2.46. The van der Waals surface area contributed by atoms with E-state index in [0.29, 0.717) is 6.61 Å². The summed E-state index contributed by atoms with van der Waals surface area (Å²) in [5.41, 5.74) is 0. The molecule has 0 aliphatic heterocycles. The molecule has 2 nitrogen and oxygen atoms in total. The highest BCUT2D eigenvalue weighted by molar-refractivity contribution is 5.23. The smallest absolute Gasteiger partial charge is 0.189 e. The summed E-state index contributed by atoms with van der Waals surface area (Å²) in [7, 11) is 0. The molecule has 0 atom stereocenters.